The van der Waals surface area contributed by atoms with Gasteiger partial charge in [-0.1, -0.05) is 66.8 Å². The molecule has 2 aromatic rings. The van der Waals surface area contributed by atoms with Gasteiger partial charge >= 0.3 is 0 Å². The van der Waals surface area contributed by atoms with Crippen molar-refractivity contribution in [3.63, 3.8) is 0 Å². The van der Waals surface area contributed by atoms with Crippen LogP contribution in [0.15, 0.2) is 48.5 Å². The average Bonchev–Trinajstić information content (AvgIpc) is 2.80. The van der Waals surface area contributed by atoms with Crippen molar-refractivity contribution in [3.05, 3.63) is 64.7 Å². The lowest BCUT2D eigenvalue weighted by Gasteiger charge is -2.33. The zero-order valence-electron chi connectivity index (χ0n) is 20.5. The number of aryl methyl sites for hydroxylation is 1. The smallest absolute Gasteiger partial charge is 0.244 e. The first-order valence-corrected chi connectivity index (χ1v) is 14.2. The van der Waals surface area contributed by atoms with Crippen LogP contribution in [0.4, 0.5) is 5.69 Å². The molecule has 1 unspecified atom stereocenters. The lowest BCUT2D eigenvalue weighted by molar-refractivity contribution is -0.139. The number of nitrogens with zero attached hydrogens (tertiary/aromatic N) is 2. The molecule has 0 bridgehead atoms. The molecule has 3 rings (SSSR count). The lowest BCUT2D eigenvalue weighted by Crippen LogP contribution is -2.52. The minimum absolute atomic E-state index is 0.105. The molecule has 0 heterocycles. The first-order chi connectivity index (χ1) is 16.5. The number of rotatable bonds is 9. The third-order valence-corrected chi connectivity index (χ3v) is 7.71. The molecule has 0 radical (unpaired) electrons. The summed E-state index contributed by atoms with van der Waals surface area (Å²) in [4.78, 5) is 28.2. The molecule has 35 heavy (non-hydrogen) atoms. The molecular weight excluding hydrogens is 486 g/mol. The zero-order chi connectivity index (χ0) is 25.6. The van der Waals surface area contributed by atoms with Crippen molar-refractivity contribution in [1.29, 1.82) is 0 Å². The summed E-state index contributed by atoms with van der Waals surface area (Å²) in [5, 5.41) is 3.45. The van der Waals surface area contributed by atoms with Crippen molar-refractivity contribution in [1.82, 2.24) is 10.2 Å². The highest BCUT2D eigenvalue weighted by atomic mass is 35.5. The molecule has 2 amide bonds. The molecule has 1 N–H and O–H groups in total. The summed E-state index contributed by atoms with van der Waals surface area (Å²) in [5.41, 5.74) is 2.19. The van der Waals surface area contributed by atoms with Gasteiger partial charge in [-0.2, -0.15) is 0 Å². The second-order valence-corrected chi connectivity index (χ2v) is 11.6. The van der Waals surface area contributed by atoms with E-state index in [-0.39, 0.29) is 18.5 Å². The number of benzene rings is 2. The Bertz CT molecular complexity index is 1150. The monoisotopic (exact) mass is 519 g/mol. The topological polar surface area (TPSA) is 86.8 Å². The van der Waals surface area contributed by atoms with E-state index in [0.717, 1.165) is 47.4 Å². The number of hydrogen-bond acceptors (Lipinski definition) is 4. The van der Waals surface area contributed by atoms with Crippen LogP contribution in [0.2, 0.25) is 5.02 Å². The second-order valence-electron chi connectivity index (χ2n) is 9.28. The largest absolute Gasteiger partial charge is 0.352 e. The highest BCUT2D eigenvalue weighted by molar-refractivity contribution is 7.92. The molecule has 2 aromatic carbocycles. The van der Waals surface area contributed by atoms with E-state index < -0.39 is 28.5 Å². The van der Waals surface area contributed by atoms with Crippen molar-refractivity contribution in [2.24, 2.45) is 0 Å². The molecular formula is C26H34ClN3O4S. The van der Waals surface area contributed by atoms with Crippen molar-refractivity contribution >= 4 is 39.1 Å². The van der Waals surface area contributed by atoms with Gasteiger partial charge in [-0.3, -0.25) is 13.9 Å². The summed E-state index contributed by atoms with van der Waals surface area (Å²) in [6.45, 7) is 3.40. The normalized spacial score (nSPS) is 15.3. The Morgan fingerprint density at radius 1 is 1.09 bits per heavy atom. The van der Waals surface area contributed by atoms with Crippen LogP contribution in [0.3, 0.4) is 0 Å². The zero-order valence-corrected chi connectivity index (χ0v) is 22.1. The Morgan fingerprint density at radius 2 is 1.77 bits per heavy atom. The fraction of sp³-hybridized carbons (Fsp3) is 0.462. The maximum atomic E-state index is 13.6. The van der Waals surface area contributed by atoms with Gasteiger partial charge in [-0.15, -0.1) is 0 Å². The number of amides is 2. The van der Waals surface area contributed by atoms with Gasteiger partial charge < -0.3 is 10.2 Å². The summed E-state index contributed by atoms with van der Waals surface area (Å²) < 4.78 is 26.2. The first-order valence-electron chi connectivity index (χ1n) is 11.9. The Labute approximate surface area is 213 Å². The van der Waals surface area contributed by atoms with Crippen molar-refractivity contribution in [2.75, 3.05) is 17.1 Å². The highest BCUT2D eigenvalue weighted by Gasteiger charge is 2.31. The van der Waals surface area contributed by atoms with Crippen LogP contribution in [-0.4, -0.2) is 50.0 Å². The Kier molecular flexibility index (Phi) is 9.19. The number of hydrogen-bond donors (Lipinski definition) is 1. The van der Waals surface area contributed by atoms with Crippen LogP contribution in [-0.2, 0) is 26.2 Å². The van der Waals surface area contributed by atoms with Gasteiger partial charge in [0.05, 0.1) is 11.9 Å². The SMILES string of the molecule is Cc1cccc(CN(C(=O)CN(c2cccc(Cl)c2)S(C)(=O)=O)C(C)C(=O)NC2CCCCC2)c1. The minimum Gasteiger partial charge on any atom is -0.352 e. The summed E-state index contributed by atoms with van der Waals surface area (Å²) in [5.74, 6) is -0.699. The number of carbonyl (C=O) groups is 2. The number of carbonyl (C=O) groups excluding carboxylic acids is 2. The number of sulfonamides is 1. The first kappa shape index (κ1) is 27.0. The molecule has 1 fully saturated rings. The van der Waals surface area contributed by atoms with Gasteiger partial charge in [-0.05, 0) is 50.5 Å². The molecule has 1 aliphatic rings. The number of anilines is 1. The molecule has 7 nitrogen and oxygen atoms in total. The van der Waals surface area contributed by atoms with E-state index in [4.69, 9.17) is 11.6 Å². The van der Waals surface area contributed by atoms with Crippen LogP contribution >= 0.6 is 11.6 Å². The van der Waals surface area contributed by atoms with Gasteiger partial charge in [0.1, 0.15) is 12.6 Å². The van der Waals surface area contributed by atoms with Crippen LogP contribution in [0, 0.1) is 6.92 Å². The second kappa shape index (κ2) is 11.9. The van der Waals surface area contributed by atoms with Crippen LogP contribution in [0.25, 0.3) is 0 Å². The van der Waals surface area contributed by atoms with E-state index in [0.29, 0.717) is 10.7 Å². The van der Waals surface area contributed by atoms with Gasteiger partial charge in [0.2, 0.25) is 21.8 Å². The van der Waals surface area contributed by atoms with Crippen LogP contribution in [0.5, 0.6) is 0 Å². The molecule has 0 aromatic heterocycles. The maximum Gasteiger partial charge on any atom is 0.244 e. The van der Waals surface area contributed by atoms with Crippen molar-refractivity contribution in [3.8, 4) is 0 Å². The van der Waals surface area contributed by atoms with Gasteiger partial charge in [0.15, 0.2) is 0 Å². The third kappa shape index (κ3) is 7.70. The van der Waals surface area contributed by atoms with E-state index >= 15 is 0 Å². The molecule has 0 saturated heterocycles. The minimum atomic E-state index is -3.78. The summed E-state index contributed by atoms with van der Waals surface area (Å²) in [7, 11) is -3.78. The Balaban J connectivity index is 1.87. The Morgan fingerprint density at radius 3 is 2.40 bits per heavy atom. The highest BCUT2D eigenvalue weighted by Crippen LogP contribution is 2.23. The molecule has 1 atom stereocenters. The number of nitrogens with one attached hydrogen (secondary N) is 1. The van der Waals surface area contributed by atoms with Gasteiger partial charge in [-0.25, -0.2) is 8.42 Å². The van der Waals surface area contributed by atoms with Crippen molar-refractivity contribution < 1.29 is 18.0 Å². The van der Waals surface area contributed by atoms with E-state index in [1.54, 1.807) is 25.1 Å². The fourth-order valence-corrected chi connectivity index (χ4v) is 5.43. The maximum absolute atomic E-state index is 13.6. The fourth-order valence-electron chi connectivity index (χ4n) is 4.40. The summed E-state index contributed by atoms with van der Waals surface area (Å²) >= 11 is 6.08. The predicted octanol–water partition coefficient (Wildman–Crippen LogP) is 4.28. The molecule has 1 aliphatic carbocycles. The average molecular weight is 520 g/mol. The van der Waals surface area contributed by atoms with E-state index in [2.05, 4.69) is 5.32 Å². The quantitative estimate of drug-likeness (QED) is 0.535. The van der Waals surface area contributed by atoms with Gasteiger partial charge in [0.25, 0.3) is 0 Å². The predicted molar refractivity (Wildman–Crippen MR) is 140 cm³/mol. The van der Waals surface area contributed by atoms with Crippen LogP contribution in [0.1, 0.15) is 50.2 Å². The van der Waals surface area contributed by atoms with Crippen molar-refractivity contribution in [2.45, 2.75) is 64.6 Å². The summed E-state index contributed by atoms with van der Waals surface area (Å²) in [6.07, 6.45) is 6.24. The molecule has 9 heteroatoms. The number of halogens is 1. The summed E-state index contributed by atoms with van der Waals surface area (Å²) in [6, 6.07) is 13.4. The molecule has 0 spiro atoms. The third-order valence-electron chi connectivity index (χ3n) is 6.33. The molecule has 0 aliphatic heterocycles. The van der Waals surface area contributed by atoms with Crippen LogP contribution < -0.4 is 9.62 Å². The molecule has 1 saturated carbocycles. The van der Waals surface area contributed by atoms with E-state index in [9.17, 15) is 18.0 Å². The van der Waals surface area contributed by atoms with E-state index in [1.807, 2.05) is 31.2 Å². The van der Waals surface area contributed by atoms with E-state index in [1.165, 1.54) is 17.4 Å². The molecule has 190 valence electrons. The van der Waals surface area contributed by atoms with Gasteiger partial charge in [0, 0.05) is 17.6 Å². The Hall–Kier alpha value is -2.58. The standard InChI is InChI=1S/C26H34ClN3O4S/c1-19-9-7-10-21(15-19)17-29(20(2)26(32)28-23-12-5-4-6-13-23)25(31)18-30(35(3,33)34)24-14-8-11-22(27)16-24/h7-11,14-16,20,23H,4-6,12-13,17-18H2,1-3H3,(H,28,32). The lowest BCUT2D eigenvalue weighted by atomic mass is 9.95.